The molecule has 1 spiro atoms. The summed E-state index contributed by atoms with van der Waals surface area (Å²) in [7, 11) is 0. The normalized spacial score (nSPS) is 39.0. The monoisotopic (exact) mass is 210 g/mol. The van der Waals surface area contributed by atoms with Gasteiger partial charge in [0.05, 0.1) is 0 Å². The van der Waals surface area contributed by atoms with Crippen molar-refractivity contribution in [3.05, 3.63) is 0 Å². The molecule has 2 rings (SSSR count). The van der Waals surface area contributed by atoms with Gasteiger partial charge in [-0.1, -0.05) is 20.8 Å². The van der Waals surface area contributed by atoms with Crippen LogP contribution in [0, 0.1) is 11.3 Å². The van der Waals surface area contributed by atoms with Gasteiger partial charge in [-0.25, -0.2) is 4.79 Å². The van der Waals surface area contributed by atoms with Gasteiger partial charge in [-0.3, -0.25) is 10.1 Å². The number of hydrogen-bond acceptors (Lipinski definition) is 2. The number of nitrogens with one attached hydrogen (secondary N) is 2. The Balaban J connectivity index is 2.24. The minimum absolute atomic E-state index is 0.143. The van der Waals surface area contributed by atoms with Crippen molar-refractivity contribution in [3.8, 4) is 0 Å². The van der Waals surface area contributed by atoms with E-state index in [1.165, 1.54) is 0 Å². The van der Waals surface area contributed by atoms with Crippen LogP contribution in [0.5, 0.6) is 0 Å². The summed E-state index contributed by atoms with van der Waals surface area (Å²) < 4.78 is 0. The van der Waals surface area contributed by atoms with E-state index in [9.17, 15) is 9.59 Å². The van der Waals surface area contributed by atoms with Gasteiger partial charge in [-0.05, 0) is 30.6 Å². The second-order valence-corrected chi connectivity index (χ2v) is 5.65. The maximum atomic E-state index is 11.8. The fraction of sp³-hybridized carbons (Fsp3) is 0.818. The van der Waals surface area contributed by atoms with Gasteiger partial charge in [0.1, 0.15) is 5.54 Å². The number of urea groups is 1. The fourth-order valence-electron chi connectivity index (χ4n) is 2.92. The number of rotatable bonds is 0. The summed E-state index contributed by atoms with van der Waals surface area (Å²) in [6.45, 7) is 6.47. The van der Waals surface area contributed by atoms with Crippen molar-refractivity contribution < 1.29 is 9.59 Å². The second-order valence-electron chi connectivity index (χ2n) is 5.65. The Labute approximate surface area is 89.8 Å². The van der Waals surface area contributed by atoms with Crippen LogP contribution in [0.3, 0.4) is 0 Å². The molecule has 2 N–H and O–H groups in total. The Morgan fingerprint density at radius 2 is 1.93 bits per heavy atom. The number of carbonyl (C=O) groups is 2. The molecule has 4 nitrogen and oxygen atoms in total. The lowest BCUT2D eigenvalue weighted by Gasteiger charge is -2.44. The van der Waals surface area contributed by atoms with Crippen molar-refractivity contribution in [2.45, 2.75) is 45.6 Å². The van der Waals surface area contributed by atoms with Gasteiger partial charge in [0, 0.05) is 0 Å². The third-order valence-electron chi connectivity index (χ3n) is 3.86. The first-order valence-electron chi connectivity index (χ1n) is 5.49. The predicted octanol–water partition coefficient (Wildman–Crippen LogP) is 1.41. The van der Waals surface area contributed by atoms with Gasteiger partial charge >= 0.3 is 6.03 Å². The average Bonchev–Trinajstić information content (AvgIpc) is 2.36. The average molecular weight is 210 g/mol. The van der Waals surface area contributed by atoms with Crippen LogP contribution in [0.2, 0.25) is 0 Å². The van der Waals surface area contributed by atoms with Crippen LogP contribution in [0.15, 0.2) is 0 Å². The molecular formula is C11H18N2O2. The molecule has 84 valence electrons. The quantitative estimate of drug-likeness (QED) is 0.594. The molecule has 2 aliphatic rings. The second kappa shape index (κ2) is 2.97. The molecule has 2 atom stereocenters. The maximum absolute atomic E-state index is 11.8. The van der Waals surface area contributed by atoms with Gasteiger partial charge in [0.2, 0.25) is 0 Å². The Hall–Kier alpha value is -1.06. The molecule has 1 saturated heterocycles. The highest BCUT2D eigenvalue weighted by molar-refractivity contribution is 6.07. The zero-order valence-electron chi connectivity index (χ0n) is 9.52. The standard InChI is InChI=1S/C11H18N2O2/c1-7-6-10(2,3)4-5-11(7)8(14)12-9(15)13-11/h7H,4-6H2,1-3H3,(H2,12,13,14,15). The van der Waals surface area contributed by atoms with Crippen LogP contribution >= 0.6 is 0 Å². The van der Waals surface area contributed by atoms with Crippen molar-refractivity contribution in [1.29, 1.82) is 0 Å². The minimum atomic E-state index is -0.632. The third kappa shape index (κ3) is 1.52. The van der Waals surface area contributed by atoms with Crippen LogP contribution in [0.1, 0.15) is 40.0 Å². The molecule has 15 heavy (non-hydrogen) atoms. The van der Waals surface area contributed by atoms with Crippen LogP contribution in [-0.2, 0) is 4.79 Å². The Kier molecular flexibility index (Phi) is 2.07. The van der Waals surface area contributed by atoms with E-state index in [1.807, 2.05) is 6.92 Å². The Morgan fingerprint density at radius 3 is 2.40 bits per heavy atom. The molecule has 1 saturated carbocycles. The first-order chi connectivity index (χ1) is 6.86. The zero-order valence-corrected chi connectivity index (χ0v) is 9.52. The molecule has 0 aromatic carbocycles. The molecule has 3 amide bonds. The topological polar surface area (TPSA) is 58.2 Å². The lowest BCUT2D eigenvalue weighted by molar-refractivity contribution is -0.128. The lowest BCUT2D eigenvalue weighted by Crippen LogP contribution is -2.56. The van der Waals surface area contributed by atoms with Gasteiger partial charge in [-0.15, -0.1) is 0 Å². The van der Waals surface area contributed by atoms with Crippen molar-refractivity contribution in [2.75, 3.05) is 0 Å². The first-order valence-corrected chi connectivity index (χ1v) is 5.49. The maximum Gasteiger partial charge on any atom is 0.322 e. The molecule has 1 aliphatic heterocycles. The summed E-state index contributed by atoms with van der Waals surface area (Å²) in [6, 6.07) is -0.341. The number of amides is 3. The number of carbonyl (C=O) groups excluding carboxylic acids is 2. The van der Waals surface area contributed by atoms with Crippen molar-refractivity contribution in [3.63, 3.8) is 0 Å². The molecule has 0 aromatic rings. The molecule has 2 unspecified atom stereocenters. The molecule has 1 heterocycles. The highest BCUT2D eigenvalue weighted by atomic mass is 16.2. The Morgan fingerprint density at radius 1 is 1.27 bits per heavy atom. The van der Waals surface area contributed by atoms with E-state index in [-0.39, 0.29) is 23.3 Å². The van der Waals surface area contributed by atoms with Crippen LogP contribution in [0.25, 0.3) is 0 Å². The smallest absolute Gasteiger partial charge is 0.322 e. The van der Waals surface area contributed by atoms with E-state index in [0.29, 0.717) is 0 Å². The molecule has 1 aliphatic carbocycles. The molecular weight excluding hydrogens is 192 g/mol. The minimum Gasteiger partial charge on any atom is -0.323 e. The van der Waals surface area contributed by atoms with Gasteiger partial charge in [0.25, 0.3) is 5.91 Å². The fourth-order valence-corrected chi connectivity index (χ4v) is 2.92. The zero-order chi connectivity index (χ0) is 11.3. The summed E-state index contributed by atoms with van der Waals surface area (Å²) in [5.41, 5.74) is -0.356. The summed E-state index contributed by atoms with van der Waals surface area (Å²) in [6.07, 6.45) is 2.70. The lowest BCUT2D eigenvalue weighted by atomic mass is 9.64. The van der Waals surface area contributed by atoms with Crippen LogP contribution < -0.4 is 10.6 Å². The highest BCUT2D eigenvalue weighted by Crippen LogP contribution is 2.44. The SMILES string of the molecule is CC1CC(C)(C)CCC12NC(=O)NC2=O. The van der Waals surface area contributed by atoms with Gasteiger partial charge in [0.15, 0.2) is 0 Å². The van der Waals surface area contributed by atoms with Gasteiger partial charge in [-0.2, -0.15) is 0 Å². The summed E-state index contributed by atoms with van der Waals surface area (Å²) >= 11 is 0. The molecule has 0 radical (unpaired) electrons. The first kappa shape index (κ1) is 10.5. The number of hydrogen-bond donors (Lipinski definition) is 2. The number of imide groups is 1. The van der Waals surface area contributed by atoms with E-state index in [2.05, 4.69) is 24.5 Å². The van der Waals surface area contributed by atoms with E-state index in [0.717, 1.165) is 19.3 Å². The predicted molar refractivity (Wildman–Crippen MR) is 56.2 cm³/mol. The Bertz CT molecular complexity index is 325. The molecule has 0 bridgehead atoms. The molecule has 0 aromatic heterocycles. The van der Waals surface area contributed by atoms with Crippen molar-refractivity contribution in [2.24, 2.45) is 11.3 Å². The van der Waals surface area contributed by atoms with Crippen LogP contribution in [0.4, 0.5) is 4.79 Å². The van der Waals surface area contributed by atoms with Crippen molar-refractivity contribution in [1.82, 2.24) is 10.6 Å². The van der Waals surface area contributed by atoms with Gasteiger partial charge < -0.3 is 5.32 Å². The molecule has 2 fully saturated rings. The van der Waals surface area contributed by atoms with E-state index >= 15 is 0 Å². The summed E-state index contributed by atoms with van der Waals surface area (Å²) in [4.78, 5) is 23.0. The van der Waals surface area contributed by atoms with Crippen molar-refractivity contribution >= 4 is 11.9 Å². The largest absolute Gasteiger partial charge is 0.323 e. The van der Waals surface area contributed by atoms with Crippen LogP contribution in [-0.4, -0.2) is 17.5 Å². The van der Waals surface area contributed by atoms with E-state index in [1.54, 1.807) is 0 Å². The molecule has 4 heteroatoms. The highest BCUT2D eigenvalue weighted by Gasteiger charge is 2.53. The summed E-state index contributed by atoms with van der Waals surface area (Å²) in [5.74, 6) is 0.0585. The van der Waals surface area contributed by atoms with E-state index in [4.69, 9.17) is 0 Å². The third-order valence-corrected chi connectivity index (χ3v) is 3.86. The summed E-state index contributed by atoms with van der Waals surface area (Å²) in [5, 5.41) is 5.15. The van der Waals surface area contributed by atoms with E-state index < -0.39 is 5.54 Å².